The second-order valence-electron chi connectivity index (χ2n) is 6.32. The summed E-state index contributed by atoms with van der Waals surface area (Å²) in [5, 5.41) is 3.15. The predicted octanol–water partition coefficient (Wildman–Crippen LogP) is 2.29. The lowest BCUT2D eigenvalue weighted by Gasteiger charge is -2.30. The quantitative estimate of drug-likeness (QED) is 0.622. The molecular weight excluding hydrogens is 392 g/mol. The second-order valence-corrected chi connectivity index (χ2v) is 8.66. The minimum absolute atomic E-state index is 0.0176. The first kappa shape index (κ1) is 21.9. The van der Waals surface area contributed by atoms with Crippen molar-refractivity contribution >= 4 is 27.5 Å². The number of amides is 1. The van der Waals surface area contributed by atoms with Gasteiger partial charge in [0.2, 0.25) is 15.9 Å². The van der Waals surface area contributed by atoms with Crippen molar-refractivity contribution in [1.29, 1.82) is 0 Å². The highest BCUT2D eigenvalue weighted by molar-refractivity contribution is 7.89. The van der Waals surface area contributed by atoms with Gasteiger partial charge in [-0.25, -0.2) is 8.42 Å². The van der Waals surface area contributed by atoms with E-state index in [1.54, 1.807) is 0 Å². The van der Waals surface area contributed by atoms with E-state index in [4.69, 9.17) is 21.1 Å². The lowest BCUT2D eigenvalue weighted by molar-refractivity contribution is -0.126. The van der Waals surface area contributed by atoms with Crippen LogP contribution in [-0.4, -0.2) is 58.6 Å². The number of carbonyl (C=O) groups is 1. The van der Waals surface area contributed by atoms with Crippen LogP contribution < -0.4 is 10.1 Å². The van der Waals surface area contributed by atoms with Crippen LogP contribution in [0.3, 0.4) is 0 Å². The number of nitrogens with one attached hydrogen (secondary N) is 1. The van der Waals surface area contributed by atoms with Gasteiger partial charge in [0.1, 0.15) is 5.75 Å². The Bertz CT molecular complexity index is 733. The smallest absolute Gasteiger partial charge is 0.243 e. The first-order valence-electron chi connectivity index (χ1n) is 9.09. The highest BCUT2D eigenvalue weighted by atomic mass is 35.5. The molecule has 1 aromatic carbocycles. The molecule has 0 aromatic heterocycles. The maximum atomic E-state index is 12.8. The van der Waals surface area contributed by atoms with Gasteiger partial charge >= 0.3 is 0 Å². The van der Waals surface area contributed by atoms with Gasteiger partial charge in [0.15, 0.2) is 0 Å². The Morgan fingerprint density at radius 1 is 1.33 bits per heavy atom. The number of carbonyl (C=O) groups excluding carboxylic acids is 1. The second kappa shape index (κ2) is 10.3. The Labute approximate surface area is 166 Å². The summed E-state index contributed by atoms with van der Waals surface area (Å²) in [6.07, 6.45) is 1.77. The molecule has 9 heteroatoms. The number of methoxy groups -OCH3 is 1. The van der Waals surface area contributed by atoms with Gasteiger partial charge in [0.25, 0.3) is 0 Å². The molecule has 1 saturated heterocycles. The van der Waals surface area contributed by atoms with Crippen molar-refractivity contribution in [2.24, 2.45) is 5.92 Å². The fourth-order valence-corrected chi connectivity index (χ4v) is 4.81. The molecule has 1 N–H and O–H groups in total. The number of sulfonamides is 1. The molecule has 0 unspecified atom stereocenters. The molecule has 1 aliphatic heterocycles. The third-order valence-corrected chi connectivity index (χ3v) is 6.74. The first-order chi connectivity index (χ1) is 12.9. The monoisotopic (exact) mass is 418 g/mol. The lowest BCUT2D eigenvalue weighted by Crippen LogP contribution is -2.43. The zero-order valence-electron chi connectivity index (χ0n) is 15.7. The summed E-state index contributed by atoms with van der Waals surface area (Å²) in [7, 11) is -2.17. The zero-order chi connectivity index (χ0) is 19.9. The molecule has 0 aliphatic carbocycles. The third kappa shape index (κ3) is 5.81. The van der Waals surface area contributed by atoms with Crippen LogP contribution in [0.15, 0.2) is 23.1 Å². The summed E-state index contributed by atoms with van der Waals surface area (Å²) < 4.78 is 37.3. The Hall–Kier alpha value is -1.35. The van der Waals surface area contributed by atoms with Gasteiger partial charge in [-0.1, -0.05) is 11.6 Å². The SMILES string of the molecule is CCOCCCNC(=O)C1CCN(S(=O)(=O)c2ccc(OC)c(Cl)c2)CC1. The molecule has 1 heterocycles. The average Bonchev–Trinajstić information content (AvgIpc) is 2.67. The largest absolute Gasteiger partial charge is 0.495 e. The van der Waals surface area contributed by atoms with Crippen LogP contribution in [0.25, 0.3) is 0 Å². The molecule has 0 atom stereocenters. The van der Waals surface area contributed by atoms with Crippen molar-refractivity contribution in [3.63, 3.8) is 0 Å². The fourth-order valence-electron chi connectivity index (χ4n) is 2.99. The number of nitrogens with zero attached hydrogens (tertiary/aromatic N) is 1. The van der Waals surface area contributed by atoms with E-state index >= 15 is 0 Å². The number of ether oxygens (including phenoxy) is 2. The molecular formula is C18H27ClN2O5S. The van der Waals surface area contributed by atoms with E-state index in [-0.39, 0.29) is 21.7 Å². The predicted molar refractivity (Wildman–Crippen MR) is 104 cm³/mol. The van der Waals surface area contributed by atoms with Crippen molar-refractivity contribution in [3.8, 4) is 5.75 Å². The summed E-state index contributed by atoms with van der Waals surface area (Å²) in [6, 6.07) is 4.42. The van der Waals surface area contributed by atoms with Gasteiger partial charge < -0.3 is 14.8 Å². The Morgan fingerprint density at radius 3 is 2.63 bits per heavy atom. The summed E-state index contributed by atoms with van der Waals surface area (Å²) >= 11 is 6.05. The van der Waals surface area contributed by atoms with Gasteiger partial charge in [0, 0.05) is 38.8 Å². The normalized spacial score (nSPS) is 16.3. The number of rotatable bonds is 9. The molecule has 1 amide bonds. The van der Waals surface area contributed by atoms with Crippen LogP contribution >= 0.6 is 11.6 Å². The molecule has 0 radical (unpaired) electrons. The standard InChI is InChI=1S/C18H27ClN2O5S/c1-3-26-12-4-9-20-18(22)14-7-10-21(11-8-14)27(23,24)15-5-6-17(25-2)16(19)13-15/h5-6,13-14H,3-4,7-12H2,1-2H3,(H,20,22). The van der Waals surface area contributed by atoms with Crippen LogP contribution in [-0.2, 0) is 19.6 Å². The van der Waals surface area contributed by atoms with Crippen molar-refractivity contribution in [2.75, 3.05) is 40.0 Å². The van der Waals surface area contributed by atoms with Crippen molar-refractivity contribution in [3.05, 3.63) is 23.2 Å². The first-order valence-corrected chi connectivity index (χ1v) is 10.9. The maximum absolute atomic E-state index is 12.8. The highest BCUT2D eigenvalue weighted by Gasteiger charge is 2.32. The molecule has 0 saturated carbocycles. The number of halogens is 1. The van der Waals surface area contributed by atoms with Gasteiger partial charge in [0.05, 0.1) is 17.0 Å². The molecule has 1 fully saturated rings. The summed E-state index contributed by atoms with van der Waals surface area (Å²) in [5.41, 5.74) is 0. The molecule has 152 valence electrons. The minimum atomic E-state index is -3.64. The van der Waals surface area contributed by atoms with E-state index in [1.165, 1.54) is 29.6 Å². The van der Waals surface area contributed by atoms with Crippen LogP contribution in [0.5, 0.6) is 5.75 Å². The number of hydrogen-bond donors (Lipinski definition) is 1. The molecule has 2 rings (SSSR count). The Kier molecular flexibility index (Phi) is 8.34. The number of benzene rings is 1. The van der Waals surface area contributed by atoms with Crippen molar-refractivity contribution < 1.29 is 22.7 Å². The number of piperidine rings is 1. The van der Waals surface area contributed by atoms with Crippen LogP contribution in [0.4, 0.5) is 0 Å². The highest BCUT2D eigenvalue weighted by Crippen LogP contribution is 2.30. The number of hydrogen-bond acceptors (Lipinski definition) is 5. The van der Waals surface area contributed by atoms with Crippen molar-refractivity contribution in [1.82, 2.24) is 9.62 Å². The fraction of sp³-hybridized carbons (Fsp3) is 0.611. The van der Waals surface area contributed by atoms with Crippen molar-refractivity contribution in [2.45, 2.75) is 31.1 Å². The Balaban J connectivity index is 1.88. The van der Waals surface area contributed by atoms with E-state index in [2.05, 4.69) is 5.32 Å². The van der Waals surface area contributed by atoms with E-state index in [0.29, 0.717) is 51.4 Å². The summed E-state index contributed by atoms with van der Waals surface area (Å²) in [4.78, 5) is 12.4. The van der Waals surface area contributed by atoms with Gasteiger partial charge in [-0.05, 0) is 44.4 Å². The lowest BCUT2D eigenvalue weighted by atomic mass is 9.97. The van der Waals surface area contributed by atoms with Crippen LogP contribution in [0, 0.1) is 5.92 Å². The molecule has 1 aliphatic rings. The summed E-state index contributed by atoms with van der Waals surface area (Å²) in [5.74, 6) is 0.245. The van der Waals surface area contributed by atoms with E-state index in [9.17, 15) is 13.2 Å². The van der Waals surface area contributed by atoms with Crippen LogP contribution in [0.1, 0.15) is 26.2 Å². The third-order valence-electron chi connectivity index (χ3n) is 4.55. The molecule has 27 heavy (non-hydrogen) atoms. The van der Waals surface area contributed by atoms with E-state index < -0.39 is 10.0 Å². The average molecular weight is 419 g/mol. The summed E-state index contributed by atoms with van der Waals surface area (Å²) in [6.45, 7) is 4.41. The minimum Gasteiger partial charge on any atom is -0.495 e. The van der Waals surface area contributed by atoms with Crippen LogP contribution in [0.2, 0.25) is 5.02 Å². The molecule has 0 spiro atoms. The molecule has 1 aromatic rings. The Morgan fingerprint density at radius 2 is 2.04 bits per heavy atom. The van der Waals surface area contributed by atoms with Gasteiger partial charge in [-0.15, -0.1) is 0 Å². The van der Waals surface area contributed by atoms with Gasteiger partial charge in [-0.3, -0.25) is 4.79 Å². The van der Waals surface area contributed by atoms with E-state index in [0.717, 1.165) is 6.42 Å². The van der Waals surface area contributed by atoms with E-state index in [1.807, 2.05) is 6.92 Å². The zero-order valence-corrected chi connectivity index (χ0v) is 17.3. The maximum Gasteiger partial charge on any atom is 0.243 e. The van der Waals surface area contributed by atoms with Gasteiger partial charge in [-0.2, -0.15) is 4.31 Å². The molecule has 7 nitrogen and oxygen atoms in total. The molecule has 0 bridgehead atoms. The topological polar surface area (TPSA) is 84.9 Å².